The van der Waals surface area contributed by atoms with Gasteiger partial charge in [-0.2, -0.15) is 4.31 Å². The normalized spacial score (nSPS) is 16.8. The lowest BCUT2D eigenvalue weighted by molar-refractivity contribution is -0.113. The van der Waals surface area contributed by atoms with Crippen LogP contribution in [0.5, 0.6) is 0 Å². The van der Waals surface area contributed by atoms with Crippen LogP contribution in [0.3, 0.4) is 0 Å². The summed E-state index contributed by atoms with van der Waals surface area (Å²) in [5.74, 6) is 0.755. The van der Waals surface area contributed by atoms with Crippen molar-refractivity contribution in [3.05, 3.63) is 65.4 Å². The largest absolute Gasteiger partial charge is 0.325 e. The number of thioether (sulfide) groups is 1. The molecule has 0 spiro atoms. The number of anilines is 1. The lowest BCUT2D eigenvalue weighted by Gasteiger charge is -2.31. The van der Waals surface area contributed by atoms with Crippen LogP contribution in [-0.2, 0) is 21.4 Å². The molecule has 0 radical (unpaired) electrons. The SMILES string of the molecule is CCCn1c(SCC(=O)Nc2ccc(Cl)cc2)nnc1C1CCCN(S(=O)(=O)c2ccccc2)C1. The van der Waals surface area contributed by atoms with Crippen LogP contribution in [0.2, 0.25) is 5.02 Å². The van der Waals surface area contributed by atoms with Gasteiger partial charge in [0.2, 0.25) is 15.9 Å². The topological polar surface area (TPSA) is 97.2 Å². The molecule has 1 fully saturated rings. The Bertz CT molecular complexity index is 1250. The van der Waals surface area contributed by atoms with E-state index in [1.165, 1.54) is 11.8 Å². The van der Waals surface area contributed by atoms with E-state index in [2.05, 4.69) is 22.4 Å². The van der Waals surface area contributed by atoms with Crippen molar-refractivity contribution in [2.24, 2.45) is 0 Å². The molecule has 1 atom stereocenters. The van der Waals surface area contributed by atoms with E-state index in [1.54, 1.807) is 58.9 Å². The molecule has 1 N–H and O–H groups in total. The summed E-state index contributed by atoms with van der Waals surface area (Å²) in [6.07, 6.45) is 2.46. The Hall–Kier alpha value is -2.40. The highest BCUT2D eigenvalue weighted by Crippen LogP contribution is 2.31. The van der Waals surface area contributed by atoms with Gasteiger partial charge in [-0.15, -0.1) is 10.2 Å². The fourth-order valence-electron chi connectivity index (χ4n) is 4.12. The van der Waals surface area contributed by atoms with E-state index < -0.39 is 10.0 Å². The molecule has 4 rings (SSSR count). The molecular formula is C24H28ClN5O3S2. The number of carbonyl (C=O) groups excluding carboxylic acids is 1. The molecule has 2 aromatic carbocycles. The number of rotatable bonds is 9. The Balaban J connectivity index is 1.45. The first-order valence-electron chi connectivity index (χ1n) is 11.5. The summed E-state index contributed by atoms with van der Waals surface area (Å²) in [5, 5.41) is 12.9. The van der Waals surface area contributed by atoms with Crippen LogP contribution in [-0.4, -0.2) is 52.2 Å². The zero-order chi connectivity index (χ0) is 24.8. The van der Waals surface area contributed by atoms with Gasteiger partial charge in [0.25, 0.3) is 0 Å². The van der Waals surface area contributed by atoms with Crippen LogP contribution >= 0.6 is 23.4 Å². The summed E-state index contributed by atoms with van der Waals surface area (Å²) < 4.78 is 29.9. The first-order chi connectivity index (χ1) is 16.9. The summed E-state index contributed by atoms with van der Waals surface area (Å²) in [7, 11) is -3.57. The van der Waals surface area contributed by atoms with E-state index in [4.69, 9.17) is 11.6 Å². The quantitative estimate of drug-likeness (QED) is 0.402. The van der Waals surface area contributed by atoms with Crippen LogP contribution in [0, 0.1) is 0 Å². The maximum atomic E-state index is 13.2. The molecule has 0 aliphatic carbocycles. The van der Waals surface area contributed by atoms with Crippen LogP contribution in [0.1, 0.15) is 37.9 Å². The van der Waals surface area contributed by atoms with Crippen molar-refractivity contribution < 1.29 is 13.2 Å². The predicted octanol–water partition coefficient (Wildman–Crippen LogP) is 4.64. The Kier molecular flexibility index (Phi) is 8.48. The second-order valence-corrected chi connectivity index (χ2v) is 11.7. The number of nitrogens with zero attached hydrogens (tertiary/aromatic N) is 4. The molecule has 35 heavy (non-hydrogen) atoms. The van der Waals surface area contributed by atoms with Gasteiger partial charge in [0.05, 0.1) is 10.6 Å². The van der Waals surface area contributed by atoms with Crippen molar-refractivity contribution in [2.75, 3.05) is 24.2 Å². The van der Waals surface area contributed by atoms with Crippen LogP contribution < -0.4 is 5.32 Å². The molecule has 2 heterocycles. The molecule has 0 bridgehead atoms. The number of hydrogen-bond donors (Lipinski definition) is 1. The summed E-state index contributed by atoms with van der Waals surface area (Å²) in [5.41, 5.74) is 0.678. The van der Waals surface area contributed by atoms with Crippen LogP contribution in [0.25, 0.3) is 0 Å². The van der Waals surface area contributed by atoms with Crippen molar-refractivity contribution in [3.63, 3.8) is 0 Å². The lowest BCUT2D eigenvalue weighted by Crippen LogP contribution is -2.39. The molecular weight excluding hydrogens is 506 g/mol. The fourth-order valence-corrected chi connectivity index (χ4v) is 6.56. The monoisotopic (exact) mass is 533 g/mol. The summed E-state index contributed by atoms with van der Waals surface area (Å²) >= 11 is 7.22. The zero-order valence-corrected chi connectivity index (χ0v) is 21.8. The second kappa shape index (κ2) is 11.6. The van der Waals surface area contributed by atoms with Crippen molar-refractivity contribution in [1.29, 1.82) is 0 Å². The number of amides is 1. The van der Waals surface area contributed by atoms with Gasteiger partial charge in [-0.05, 0) is 55.7 Å². The second-order valence-electron chi connectivity index (χ2n) is 8.35. The van der Waals surface area contributed by atoms with Gasteiger partial charge in [0.1, 0.15) is 5.82 Å². The Morgan fingerprint density at radius 1 is 1.14 bits per heavy atom. The Morgan fingerprint density at radius 3 is 2.60 bits per heavy atom. The fraction of sp³-hybridized carbons (Fsp3) is 0.375. The summed E-state index contributed by atoms with van der Waals surface area (Å²) in [6, 6.07) is 15.5. The molecule has 0 saturated carbocycles. The van der Waals surface area contributed by atoms with Gasteiger partial charge < -0.3 is 9.88 Å². The van der Waals surface area contributed by atoms with E-state index in [0.717, 1.165) is 25.1 Å². The number of aromatic nitrogens is 3. The number of piperidine rings is 1. The molecule has 1 aliphatic rings. The first-order valence-corrected chi connectivity index (χ1v) is 14.4. The van der Waals surface area contributed by atoms with Crippen LogP contribution in [0.4, 0.5) is 5.69 Å². The maximum absolute atomic E-state index is 13.2. The van der Waals surface area contributed by atoms with Gasteiger partial charge in [0, 0.05) is 36.3 Å². The van der Waals surface area contributed by atoms with E-state index in [9.17, 15) is 13.2 Å². The van der Waals surface area contributed by atoms with Gasteiger partial charge in [-0.3, -0.25) is 4.79 Å². The van der Waals surface area contributed by atoms with E-state index >= 15 is 0 Å². The molecule has 1 aromatic heterocycles. The third-order valence-corrected chi connectivity index (χ3v) is 8.88. The molecule has 1 amide bonds. The minimum Gasteiger partial charge on any atom is -0.325 e. The summed E-state index contributed by atoms with van der Waals surface area (Å²) in [6.45, 7) is 3.62. The molecule has 1 unspecified atom stereocenters. The number of hydrogen-bond acceptors (Lipinski definition) is 6. The summed E-state index contributed by atoms with van der Waals surface area (Å²) in [4.78, 5) is 12.7. The first kappa shape index (κ1) is 25.7. The van der Waals surface area contributed by atoms with Crippen molar-refractivity contribution in [3.8, 4) is 0 Å². The third kappa shape index (κ3) is 6.24. The lowest BCUT2D eigenvalue weighted by atomic mass is 9.99. The maximum Gasteiger partial charge on any atom is 0.243 e. The zero-order valence-electron chi connectivity index (χ0n) is 19.4. The molecule has 1 aliphatic heterocycles. The average Bonchev–Trinajstić information content (AvgIpc) is 3.27. The van der Waals surface area contributed by atoms with Crippen molar-refractivity contribution in [2.45, 2.75) is 48.7 Å². The highest BCUT2D eigenvalue weighted by atomic mass is 35.5. The molecule has 11 heteroatoms. The minimum atomic E-state index is -3.57. The average molecular weight is 534 g/mol. The number of benzene rings is 2. The van der Waals surface area contributed by atoms with Crippen LogP contribution in [0.15, 0.2) is 64.6 Å². The number of sulfonamides is 1. The van der Waals surface area contributed by atoms with E-state index in [0.29, 0.717) is 40.4 Å². The van der Waals surface area contributed by atoms with Crippen molar-refractivity contribution >= 4 is 45.0 Å². The minimum absolute atomic E-state index is 0.0569. The van der Waals surface area contributed by atoms with Crippen molar-refractivity contribution in [1.82, 2.24) is 19.1 Å². The highest BCUT2D eigenvalue weighted by Gasteiger charge is 2.33. The number of nitrogens with one attached hydrogen (secondary N) is 1. The smallest absolute Gasteiger partial charge is 0.243 e. The number of halogens is 1. The van der Waals surface area contributed by atoms with Gasteiger partial charge >= 0.3 is 0 Å². The third-order valence-electron chi connectivity index (χ3n) is 5.78. The molecule has 186 valence electrons. The molecule has 3 aromatic rings. The standard InChI is InChI=1S/C24H28ClN5O3S2/c1-2-14-30-23(18-7-6-15-29(16-18)35(32,33)21-8-4-3-5-9-21)27-28-24(30)34-17-22(31)26-20-12-10-19(25)11-13-20/h3-5,8-13,18H,2,6-7,14-17H2,1H3,(H,26,31). The highest BCUT2D eigenvalue weighted by molar-refractivity contribution is 7.99. The number of carbonyl (C=O) groups is 1. The van der Waals surface area contributed by atoms with Gasteiger partial charge in [0.15, 0.2) is 5.16 Å². The van der Waals surface area contributed by atoms with Gasteiger partial charge in [-0.1, -0.05) is 48.5 Å². The molecule has 1 saturated heterocycles. The Labute approximate surface area is 215 Å². The Morgan fingerprint density at radius 2 is 1.89 bits per heavy atom. The molecule has 8 nitrogen and oxygen atoms in total. The van der Waals surface area contributed by atoms with E-state index in [1.807, 2.05) is 4.57 Å². The van der Waals surface area contributed by atoms with Gasteiger partial charge in [-0.25, -0.2) is 8.42 Å². The van der Waals surface area contributed by atoms with E-state index in [-0.39, 0.29) is 17.6 Å². The predicted molar refractivity (Wildman–Crippen MR) is 138 cm³/mol.